The number of rotatable bonds is 5. The molecule has 0 amide bonds. The number of carbonyl (C=O) groups is 1. The van der Waals surface area contributed by atoms with Crippen LogP contribution < -0.4 is 0 Å². The van der Waals surface area contributed by atoms with E-state index in [1.807, 2.05) is 0 Å². The van der Waals surface area contributed by atoms with E-state index in [2.05, 4.69) is 14.8 Å². The lowest BCUT2D eigenvalue weighted by Gasteiger charge is -2.11. The first-order valence-corrected chi connectivity index (χ1v) is 8.94. The van der Waals surface area contributed by atoms with Crippen LogP contribution in [0.2, 0.25) is 0 Å². The van der Waals surface area contributed by atoms with Gasteiger partial charge in [0.1, 0.15) is 5.82 Å². The highest BCUT2D eigenvalue weighted by atomic mass is 19.4. The topological polar surface area (TPSA) is 56.4 Å². The zero-order chi connectivity index (χ0) is 22.6. The van der Waals surface area contributed by atoms with Gasteiger partial charge in [-0.15, -0.1) is 0 Å². The van der Waals surface area contributed by atoms with Gasteiger partial charge in [-0.05, 0) is 42.0 Å². The second-order valence-corrected chi connectivity index (χ2v) is 6.55. The van der Waals surface area contributed by atoms with Gasteiger partial charge in [0, 0.05) is 30.1 Å². The molecule has 1 aromatic carbocycles. The predicted molar refractivity (Wildman–Crippen MR) is 103 cm³/mol. The molecule has 0 bridgehead atoms. The Bertz CT molecular complexity index is 1170. The van der Waals surface area contributed by atoms with E-state index in [1.165, 1.54) is 25.6 Å². The van der Waals surface area contributed by atoms with Crippen LogP contribution in [-0.2, 0) is 23.9 Å². The molecular formula is C22H15F4N3O2. The molecule has 31 heavy (non-hydrogen) atoms. The van der Waals surface area contributed by atoms with Gasteiger partial charge >= 0.3 is 12.1 Å². The summed E-state index contributed by atoms with van der Waals surface area (Å²) in [5.74, 6) is -1.61. The van der Waals surface area contributed by atoms with E-state index in [0.717, 1.165) is 12.1 Å². The third-order valence-corrected chi connectivity index (χ3v) is 4.46. The fourth-order valence-corrected chi connectivity index (χ4v) is 3.13. The Hall–Kier alpha value is -3.80. The molecule has 3 rings (SSSR count). The largest absolute Gasteiger partial charge is 0.465 e. The minimum Gasteiger partial charge on any atom is -0.465 e. The zero-order valence-electron chi connectivity index (χ0n) is 16.2. The summed E-state index contributed by atoms with van der Waals surface area (Å²) in [5, 5.41) is 0. The van der Waals surface area contributed by atoms with Crippen molar-refractivity contribution >= 4 is 5.97 Å². The normalized spacial score (nSPS) is 11.1. The summed E-state index contributed by atoms with van der Waals surface area (Å²) >= 11 is 0. The van der Waals surface area contributed by atoms with Crippen molar-refractivity contribution in [2.75, 3.05) is 7.11 Å². The minimum atomic E-state index is -4.67. The van der Waals surface area contributed by atoms with Crippen molar-refractivity contribution in [2.24, 2.45) is 0 Å². The number of benzene rings is 1. The summed E-state index contributed by atoms with van der Waals surface area (Å²) in [6.07, 6.45) is -1.89. The van der Waals surface area contributed by atoms with Crippen LogP contribution >= 0.6 is 0 Å². The number of hydrogen-bond acceptors (Lipinski definition) is 4. The summed E-state index contributed by atoms with van der Waals surface area (Å²) in [4.78, 5) is 23.8. The molecule has 0 aliphatic heterocycles. The Morgan fingerprint density at radius 3 is 2.55 bits per heavy atom. The molecule has 3 aromatic rings. The van der Waals surface area contributed by atoms with Crippen LogP contribution in [0.15, 0.2) is 48.8 Å². The molecule has 0 radical (unpaired) electrons. The molecule has 9 heteroatoms. The number of nitrogens with zero attached hydrogens (tertiary/aromatic N) is 3. The standard InChI is InChI=1S/C22H15F4N3O2/c1-27-12-19-18(21(30)31-2)4-6-29-20(19)14-3-5-28-17(10-14)9-13-7-15(22(24,25)26)11-16(23)8-13/h3-8,10-11H,9,12H2,2H3. The van der Waals surface area contributed by atoms with Gasteiger partial charge in [-0.1, -0.05) is 0 Å². The van der Waals surface area contributed by atoms with E-state index < -0.39 is 23.5 Å². The number of aromatic nitrogens is 2. The Morgan fingerprint density at radius 1 is 1.13 bits per heavy atom. The lowest BCUT2D eigenvalue weighted by Crippen LogP contribution is -2.08. The summed E-state index contributed by atoms with van der Waals surface area (Å²) in [5.41, 5.74) is 0.836. The predicted octanol–water partition coefficient (Wildman–Crippen LogP) is 5.10. The highest BCUT2D eigenvalue weighted by molar-refractivity contribution is 5.93. The minimum absolute atomic E-state index is 0.0521. The van der Waals surface area contributed by atoms with Crippen LogP contribution in [0.3, 0.4) is 0 Å². The van der Waals surface area contributed by atoms with Crippen molar-refractivity contribution in [3.05, 3.63) is 94.0 Å². The molecule has 0 N–H and O–H groups in total. The number of halogens is 4. The van der Waals surface area contributed by atoms with Gasteiger partial charge in [0.25, 0.3) is 0 Å². The first-order valence-electron chi connectivity index (χ1n) is 8.94. The van der Waals surface area contributed by atoms with E-state index in [0.29, 0.717) is 28.6 Å². The first kappa shape index (κ1) is 21.9. The zero-order valence-corrected chi connectivity index (χ0v) is 16.2. The van der Waals surface area contributed by atoms with Gasteiger partial charge in [0.15, 0.2) is 0 Å². The number of methoxy groups -OCH3 is 1. The SMILES string of the molecule is [C-]#[N+]Cc1c(C(=O)OC)ccnc1-c1ccnc(Cc2cc(F)cc(C(F)(F)F)c2)c1. The molecule has 0 atom stereocenters. The fourth-order valence-electron chi connectivity index (χ4n) is 3.13. The maximum atomic E-state index is 13.7. The number of carbonyl (C=O) groups excluding carboxylic acids is 1. The molecule has 2 heterocycles. The smallest absolute Gasteiger partial charge is 0.416 e. The second kappa shape index (κ2) is 8.92. The van der Waals surface area contributed by atoms with Crippen molar-refractivity contribution in [3.8, 4) is 11.3 Å². The Labute approximate surface area is 175 Å². The van der Waals surface area contributed by atoms with E-state index in [9.17, 15) is 22.4 Å². The molecule has 5 nitrogen and oxygen atoms in total. The third-order valence-electron chi connectivity index (χ3n) is 4.46. The monoisotopic (exact) mass is 429 g/mol. The second-order valence-electron chi connectivity index (χ2n) is 6.55. The van der Waals surface area contributed by atoms with Crippen molar-refractivity contribution < 1.29 is 27.1 Å². The fraction of sp³-hybridized carbons (Fsp3) is 0.182. The van der Waals surface area contributed by atoms with E-state index in [4.69, 9.17) is 11.3 Å². The number of hydrogen-bond donors (Lipinski definition) is 0. The number of pyridine rings is 2. The van der Waals surface area contributed by atoms with E-state index >= 15 is 0 Å². The third kappa shape index (κ3) is 5.04. The van der Waals surface area contributed by atoms with Gasteiger partial charge in [0.2, 0.25) is 6.54 Å². The number of ether oxygens (including phenoxy) is 1. The van der Waals surface area contributed by atoms with Crippen molar-refractivity contribution in [1.82, 2.24) is 9.97 Å². The average Bonchev–Trinajstić information content (AvgIpc) is 2.72. The molecule has 0 spiro atoms. The molecule has 2 aromatic heterocycles. The maximum absolute atomic E-state index is 13.7. The summed E-state index contributed by atoms with van der Waals surface area (Å²) in [6, 6.07) is 6.96. The van der Waals surface area contributed by atoms with Crippen molar-refractivity contribution in [2.45, 2.75) is 19.1 Å². The van der Waals surface area contributed by atoms with Gasteiger partial charge in [-0.3, -0.25) is 9.97 Å². The Balaban J connectivity index is 2.02. The van der Waals surface area contributed by atoms with Crippen LogP contribution in [0.5, 0.6) is 0 Å². The molecule has 158 valence electrons. The van der Waals surface area contributed by atoms with Crippen LogP contribution in [0.1, 0.15) is 32.7 Å². The Kier molecular flexibility index (Phi) is 6.30. The van der Waals surface area contributed by atoms with Crippen LogP contribution in [0, 0.1) is 12.4 Å². The van der Waals surface area contributed by atoms with Gasteiger partial charge in [0.05, 0.1) is 29.5 Å². The average molecular weight is 429 g/mol. The van der Waals surface area contributed by atoms with Crippen LogP contribution in [0.25, 0.3) is 16.1 Å². The summed E-state index contributed by atoms with van der Waals surface area (Å²) in [7, 11) is 1.22. The van der Waals surface area contributed by atoms with Crippen LogP contribution in [0.4, 0.5) is 17.6 Å². The van der Waals surface area contributed by atoms with Gasteiger partial charge in [-0.2, -0.15) is 13.2 Å². The van der Waals surface area contributed by atoms with Gasteiger partial charge < -0.3 is 9.58 Å². The van der Waals surface area contributed by atoms with E-state index in [-0.39, 0.29) is 24.1 Å². The lowest BCUT2D eigenvalue weighted by molar-refractivity contribution is -0.137. The molecule has 0 unspecified atom stereocenters. The molecule has 0 fully saturated rings. The maximum Gasteiger partial charge on any atom is 0.416 e. The molecule has 0 saturated carbocycles. The first-order chi connectivity index (χ1) is 14.7. The van der Waals surface area contributed by atoms with Gasteiger partial charge in [-0.25, -0.2) is 15.8 Å². The van der Waals surface area contributed by atoms with E-state index in [1.54, 1.807) is 12.1 Å². The number of esters is 1. The summed E-state index contributed by atoms with van der Waals surface area (Å²) < 4.78 is 57.4. The summed E-state index contributed by atoms with van der Waals surface area (Å²) in [6.45, 7) is 7.06. The van der Waals surface area contributed by atoms with Crippen LogP contribution in [-0.4, -0.2) is 23.0 Å². The quantitative estimate of drug-likeness (QED) is 0.322. The lowest BCUT2D eigenvalue weighted by atomic mass is 9.99. The molecular weight excluding hydrogens is 414 g/mol. The molecule has 0 aliphatic carbocycles. The van der Waals surface area contributed by atoms with Crippen molar-refractivity contribution in [1.29, 1.82) is 0 Å². The van der Waals surface area contributed by atoms with Crippen molar-refractivity contribution in [3.63, 3.8) is 0 Å². The number of alkyl halides is 3. The molecule has 0 saturated heterocycles. The Morgan fingerprint density at radius 2 is 1.87 bits per heavy atom. The highest BCUT2D eigenvalue weighted by Gasteiger charge is 2.31. The molecule has 0 aliphatic rings. The highest BCUT2D eigenvalue weighted by Crippen LogP contribution is 2.31.